The number of hydrogen-bond acceptors (Lipinski definition) is 6. The Bertz CT molecular complexity index is 1410. The number of rotatable bonds is 9. The number of aryl methyl sites for hydroxylation is 1. The summed E-state index contributed by atoms with van der Waals surface area (Å²) in [4.78, 5) is 46.8. The van der Waals surface area contributed by atoms with Crippen molar-refractivity contribution in [3.05, 3.63) is 46.8 Å². The molecule has 3 amide bonds. The van der Waals surface area contributed by atoms with E-state index in [9.17, 15) is 19.5 Å². The minimum atomic E-state index is -0.867. The zero-order chi connectivity index (χ0) is 32.4. The summed E-state index contributed by atoms with van der Waals surface area (Å²) in [5.41, 5.74) is 3.96. The number of nitrogens with zero attached hydrogens (tertiary/aromatic N) is 5. The fourth-order valence-corrected chi connectivity index (χ4v) is 8.26. The first-order valence-corrected chi connectivity index (χ1v) is 17.7. The van der Waals surface area contributed by atoms with Gasteiger partial charge in [0.2, 0.25) is 11.8 Å². The van der Waals surface area contributed by atoms with Crippen molar-refractivity contribution in [1.82, 2.24) is 29.8 Å². The van der Waals surface area contributed by atoms with E-state index in [0.717, 1.165) is 87.1 Å². The maximum absolute atomic E-state index is 14.0. The third-order valence-electron chi connectivity index (χ3n) is 11.2. The van der Waals surface area contributed by atoms with Gasteiger partial charge in [-0.2, -0.15) is 5.10 Å². The first kappa shape index (κ1) is 35.4. The summed E-state index contributed by atoms with van der Waals surface area (Å²) >= 11 is 0. The summed E-state index contributed by atoms with van der Waals surface area (Å²) in [7, 11) is 0. The van der Waals surface area contributed by atoms with Crippen molar-refractivity contribution in [2.45, 2.75) is 116 Å². The van der Waals surface area contributed by atoms with Crippen LogP contribution < -0.4 is 5.32 Å². The minimum Gasteiger partial charge on any atom is -0.390 e. The molecule has 2 N–H and O–H groups in total. The highest BCUT2D eigenvalue weighted by Crippen LogP contribution is 2.37. The van der Waals surface area contributed by atoms with Gasteiger partial charge in [-0.15, -0.1) is 12.4 Å². The molecule has 47 heavy (non-hydrogen) atoms. The van der Waals surface area contributed by atoms with E-state index in [0.29, 0.717) is 44.6 Å². The van der Waals surface area contributed by atoms with Gasteiger partial charge in [0, 0.05) is 56.1 Å². The molecule has 0 unspecified atom stereocenters. The number of piperazine rings is 1. The lowest BCUT2D eigenvalue weighted by molar-refractivity contribution is -0.166. The molecule has 2 aromatic rings. The lowest BCUT2D eigenvalue weighted by Crippen LogP contribution is -2.75. The summed E-state index contributed by atoms with van der Waals surface area (Å²) in [6.45, 7) is 10.5. The molecule has 1 aromatic heterocycles. The minimum absolute atomic E-state index is 0. The van der Waals surface area contributed by atoms with Crippen LogP contribution in [0.2, 0.25) is 0 Å². The number of amides is 3. The second-order valence-electron chi connectivity index (χ2n) is 14.1. The second kappa shape index (κ2) is 15.1. The Hall–Kier alpha value is -2.95. The SMILES string of the molecule is CCCCN1C(=O)[C@@H]([C@H](O)C2CCCCC2)NC(=O)C12CCN(Cc1c(C)nn(-c3ccc(C(=O)N4CCCC4)cc3)c1C)CC2.Cl. The molecular formula is C36H53ClN6O4. The van der Waals surface area contributed by atoms with E-state index in [1.807, 2.05) is 45.7 Å². The topological polar surface area (TPSA) is 111 Å². The van der Waals surface area contributed by atoms with Crippen molar-refractivity contribution in [3.8, 4) is 5.69 Å². The van der Waals surface area contributed by atoms with E-state index >= 15 is 0 Å². The van der Waals surface area contributed by atoms with Gasteiger partial charge < -0.3 is 20.2 Å². The van der Waals surface area contributed by atoms with Gasteiger partial charge in [-0.05, 0) is 89.0 Å². The Morgan fingerprint density at radius 1 is 1.00 bits per heavy atom. The van der Waals surface area contributed by atoms with Crippen molar-refractivity contribution in [2.75, 3.05) is 32.7 Å². The smallest absolute Gasteiger partial charge is 0.253 e. The van der Waals surface area contributed by atoms with Crippen molar-refractivity contribution in [1.29, 1.82) is 0 Å². The van der Waals surface area contributed by atoms with Gasteiger partial charge in [0.1, 0.15) is 11.6 Å². The van der Waals surface area contributed by atoms with Crippen LogP contribution >= 0.6 is 12.4 Å². The normalized spacial score (nSPS) is 22.8. The maximum Gasteiger partial charge on any atom is 0.253 e. The van der Waals surface area contributed by atoms with E-state index in [4.69, 9.17) is 5.10 Å². The number of carbonyl (C=O) groups excluding carboxylic acids is 3. The molecule has 1 saturated carbocycles. The Labute approximate surface area is 285 Å². The van der Waals surface area contributed by atoms with Crippen LogP contribution in [0.1, 0.15) is 105 Å². The fraction of sp³-hybridized carbons (Fsp3) is 0.667. The third kappa shape index (κ3) is 6.97. The van der Waals surface area contributed by atoms with Crippen LogP contribution in [0.4, 0.5) is 0 Å². The predicted molar refractivity (Wildman–Crippen MR) is 184 cm³/mol. The molecule has 10 nitrogen and oxygen atoms in total. The summed E-state index contributed by atoms with van der Waals surface area (Å²) in [5, 5.41) is 19.1. The van der Waals surface area contributed by atoms with E-state index < -0.39 is 17.7 Å². The first-order valence-electron chi connectivity index (χ1n) is 17.7. The van der Waals surface area contributed by atoms with Crippen LogP contribution in [0.3, 0.4) is 0 Å². The molecule has 258 valence electrons. The molecule has 0 bridgehead atoms. The number of aliphatic hydroxyl groups excluding tert-OH is 1. The van der Waals surface area contributed by atoms with Crippen LogP contribution in [-0.2, 0) is 16.1 Å². The number of benzene rings is 1. The number of nitrogens with one attached hydrogen (secondary N) is 1. The second-order valence-corrected chi connectivity index (χ2v) is 14.1. The van der Waals surface area contributed by atoms with Gasteiger partial charge in [-0.1, -0.05) is 32.6 Å². The highest BCUT2D eigenvalue weighted by Gasteiger charge is 2.55. The summed E-state index contributed by atoms with van der Waals surface area (Å²) in [6, 6.07) is 6.89. The number of aromatic nitrogens is 2. The van der Waals surface area contributed by atoms with Gasteiger partial charge >= 0.3 is 0 Å². The van der Waals surface area contributed by atoms with Crippen LogP contribution in [0.25, 0.3) is 5.69 Å². The molecule has 1 spiro atoms. The van der Waals surface area contributed by atoms with Gasteiger partial charge in [-0.25, -0.2) is 4.68 Å². The largest absolute Gasteiger partial charge is 0.390 e. The highest BCUT2D eigenvalue weighted by atomic mass is 35.5. The average molecular weight is 669 g/mol. The van der Waals surface area contributed by atoms with Crippen molar-refractivity contribution in [3.63, 3.8) is 0 Å². The predicted octanol–water partition coefficient (Wildman–Crippen LogP) is 4.55. The van der Waals surface area contributed by atoms with E-state index in [2.05, 4.69) is 24.1 Å². The molecule has 11 heteroatoms. The molecule has 6 rings (SSSR count). The summed E-state index contributed by atoms with van der Waals surface area (Å²) < 4.78 is 1.96. The van der Waals surface area contributed by atoms with Crippen LogP contribution in [0.15, 0.2) is 24.3 Å². The maximum atomic E-state index is 14.0. The molecule has 1 aliphatic carbocycles. The molecule has 4 heterocycles. The molecule has 0 radical (unpaired) electrons. The number of hydrogen-bond donors (Lipinski definition) is 2. The lowest BCUT2D eigenvalue weighted by atomic mass is 9.78. The Morgan fingerprint density at radius 3 is 2.30 bits per heavy atom. The van der Waals surface area contributed by atoms with Crippen molar-refractivity contribution < 1.29 is 19.5 Å². The molecule has 2 atom stereocenters. The van der Waals surface area contributed by atoms with Crippen molar-refractivity contribution in [2.24, 2.45) is 5.92 Å². The molecular weight excluding hydrogens is 616 g/mol. The summed E-state index contributed by atoms with van der Waals surface area (Å²) in [5.74, 6) is -0.0524. The number of likely N-dealkylation sites (tertiary alicyclic amines) is 2. The highest BCUT2D eigenvalue weighted by molar-refractivity contribution is 6.00. The van der Waals surface area contributed by atoms with Crippen LogP contribution in [-0.4, -0.2) is 97.7 Å². The van der Waals surface area contributed by atoms with Crippen LogP contribution in [0, 0.1) is 19.8 Å². The zero-order valence-electron chi connectivity index (χ0n) is 28.4. The van der Waals surface area contributed by atoms with E-state index in [1.165, 1.54) is 6.42 Å². The Morgan fingerprint density at radius 2 is 1.66 bits per heavy atom. The number of piperidine rings is 1. The molecule has 3 aliphatic heterocycles. The fourth-order valence-electron chi connectivity index (χ4n) is 8.26. The standard InChI is InChI=1S/C36H52N6O4.ClH/c1-4-5-21-41-34(45)31(32(43)27-11-7-6-8-12-27)37-35(46)36(41)17-22-39(23-18-36)24-30-25(2)38-42(26(30)3)29-15-13-28(14-16-29)33(44)40-19-9-10-20-40;/h13-16,27,31-32,43H,4-12,17-24H2,1-3H3,(H,37,46);1H/t31-,32-;/m1./s1. The molecule has 4 fully saturated rings. The van der Waals surface area contributed by atoms with E-state index in [1.54, 1.807) is 0 Å². The van der Waals surface area contributed by atoms with E-state index in [-0.39, 0.29) is 36.0 Å². The third-order valence-corrected chi connectivity index (χ3v) is 11.2. The average Bonchev–Trinajstić information content (AvgIpc) is 3.72. The Kier molecular flexibility index (Phi) is 11.3. The van der Waals surface area contributed by atoms with Crippen molar-refractivity contribution >= 4 is 30.1 Å². The van der Waals surface area contributed by atoms with Gasteiger partial charge in [0.15, 0.2) is 0 Å². The molecule has 3 saturated heterocycles. The number of carbonyl (C=O) groups is 3. The monoisotopic (exact) mass is 668 g/mol. The molecule has 4 aliphatic rings. The quantitative estimate of drug-likeness (QED) is 0.406. The van der Waals surface area contributed by atoms with Gasteiger partial charge in [0.05, 0.1) is 17.5 Å². The van der Waals surface area contributed by atoms with Gasteiger partial charge in [-0.3, -0.25) is 19.3 Å². The first-order chi connectivity index (χ1) is 22.2. The Balaban J connectivity index is 0.00000433. The number of aliphatic hydroxyl groups is 1. The summed E-state index contributed by atoms with van der Waals surface area (Å²) in [6.07, 6.45) is 9.36. The van der Waals surface area contributed by atoms with Crippen LogP contribution in [0.5, 0.6) is 0 Å². The lowest BCUT2D eigenvalue weighted by Gasteiger charge is -2.52. The van der Waals surface area contributed by atoms with Gasteiger partial charge in [0.25, 0.3) is 5.91 Å². The molecule has 1 aromatic carbocycles. The number of unbranched alkanes of at least 4 members (excludes halogenated alkanes) is 1. The number of halogens is 1. The zero-order valence-corrected chi connectivity index (χ0v) is 29.2.